The van der Waals surface area contributed by atoms with Crippen LogP contribution in [0.3, 0.4) is 0 Å². The molecule has 0 radical (unpaired) electrons. The number of aromatic nitrogens is 3. The summed E-state index contributed by atoms with van der Waals surface area (Å²) in [6.07, 6.45) is 1.74. The molecule has 2 N–H and O–H groups in total. The lowest BCUT2D eigenvalue weighted by atomic mass is 10.1. The number of benzene rings is 1. The van der Waals surface area contributed by atoms with Crippen LogP contribution in [0.2, 0.25) is 0 Å². The van der Waals surface area contributed by atoms with Crippen LogP contribution in [0.1, 0.15) is 51.4 Å². The lowest BCUT2D eigenvalue weighted by Crippen LogP contribution is -2.29. The number of pyridine rings is 1. The molecule has 28 heavy (non-hydrogen) atoms. The Morgan fingerprint density at radius 3 is 2.68 bits per heavy atom. The molecule has 3 rings (SSSR count). The van der Waals surface area contributed by atoms with Crippen LogP contribution in [0.5, 0.6) is 0 Å². The molecular weight excluding hydrogens is 354 g/mol. The topological polar surface area (TPSA) is 104 Å². The van der Waals surface area contributed by atoms with E-state index in [1.54, 1.807) is 19.2 Å². The normalized spacial score (nSPS) is 11.7. The van der Waals surface area contributed by atoms with Crippen LogP contribution in [-0.2, 0) is 0 Å². The number of nitriles is 1. The molecule has 0 spiro atoms. The Morgan fingerprint density at radius 1 is 1.29 bits per heavy atom. The molecule has 0 saturated carbocycles. The van der Waals surface area contributed by atoms with Gasteiger partial charge in [0.25, 0.3) is 11.5 Å². The van der Waals surface area contributed by atoms with E-state index in [9.17, 15) is 9.59 Å². The lowest BCUT2D eigenvalue weighted by Gasteiger charge is -2.15. The second-order valence-corrected chi connectivity index (χ2v) is 6.74. The SMILES string of the molecule is Cc1ccccc1-n1ncc(C(C)NC(=O)c2cc(C#N)c(=O)[nH]c2C)c1C. The number of aryl methyl sites for hydroxylation is 2. The quantitative estimate of drug-likeness (QED) is 0.732. The van der Waals surface area contributed by atoms with Gasteiger partial charge in [-0.05, 0) is 45.4 Å². The van der Waals surface area contributed by atoms with Gasteiger partial charge in [0, 0.05) is 17.0 Å². The summed E-state index contributed by atoms with van der Waals surface area (Å²) < 4.78 is 1.85. The van der Waals surface area contributed by atoms with Crippen molar-refractivity contribution in [2.75, 3.05) is 0 Å². The van der Waals surface area contributed by atoms with Crippen LogP contribution in [0.4, 0.5) is 0 Å². The average Bonchev–Trinajstić information content (AvgIpc) is 3.03. The fourth-order valence-electron chi connectivity index (χ4n) is 3.19. The fourth-order valence-corrected chi connectivity index (χ4v) is 3.19. The Hall–Kier alpha value is -3.66. The van der Waals surface area contributed by atoms with Crippen molar-refractivity contribution in [2.24, 2.45) is 0 Å². The zero-order chi connectivity index (χ0) is 20.4. The summed E-state index contributed by atoms with van der Waals surface area (Å²) in [5.74, 6) is -0.360. The van der Waals surface area contributed by atoms with Gasteiger partial charge in [-0.2, -0.15) is 10.4 Å². The standard InChI is InChI=1S/C21H21N5O2/c1-12-7-5-6-8-19(12)26-15(4)18(11-23-26)14(3)25-21(28)17-9-16(10-22)20(27)24-13(17)2/h5-9,11,14H,1-4H3,(H,24,27)(H,25,28). The van der Waals surface area contributed by atoms with Gasteiger partial charge < -0.3 is 10.3 Å². The molecule has 0 aliphatic rings. The van der Waals surface area contributed by atoms with Gasteiger partial charge in [0.2, 0.25) is 0 Å². The van der Waals surface area contributed by atoms with Crippen LogP contribution in [-0.4, -0.2) is 20.7 Å². The first kappa shape index (κ1) is 19.1. The molecule has 0 aliphatic heterocycles. The van der Waals surface area contributed by atoms with E-state index >= 15 is 0 Å². The molecule has 7 nitrogen and oxygen atoms in total. The zero-order valence-electron chi connectivity index (χ0n) is 16.2. The number of nitrogens with one attached hydrogen (secondary N) is 2. The molecule has 3 aromatic rings. The highest BCUT2D eigenvalue weighted by Gasteiger charge is 2.19. The number of hydrogen-bond donors (Lipinski definition) is 2. The van der Waals surface area contributed by atoms with E-state index in [1.807, 2.05) is 49.7 Å². The number of hydrogen-bond acceptors (Lipinski definition) is 4. The summed E-state index contributed by atoms with van der Waals surface area (Å²) in [5.41, 5.74) is 4.00. The third-order valence-corrected chi connectivity index (χ3v) is 4.81. The molecular formula is C21H21N5O2. The molecule has 1 atom stereocenters. The Morgan fingerprint density at radius 2 is 2.00 bits per heavy atom. The average molecular weight is 375 g/mol. The van der Waals surface area contributed by atoms with Crippen molar-refractivity contribution < 1.29 is 4.79 Å². The van der Waals surface area contributed by atoms with E-state index < -0.39 is 5.56 Å². The molecule has 2 heterocycles. The van der Waals surface area contributed by atoms with Crippen molar-refractivity contribution in [3.63, 3.8) is 0 Å². The number of H-pyrrole nitrogens is 1. The van der Waals surface area contributed by atoms with Crippen LogP contribution in [0.15, 0.2) is 41.3 Å². The summed E-state index contributed by atoms with van der Waals surface area (Å²) in [5, 5.41) is 16.4. The van der Waals surface area contributed by atoms with Gasteiger partial charge >= 0.3 is 0 Å². The van der Waals surface area contributed by atoms with Crippen molar-refractivity contribution >= 4 is 5.91 Å². The number of carbonyl (C=O) groups excluding carboxylic acids is 1. The minimum Gasteiger partial charge on any atom is -0.345 e. The van der Waals surface area contributed by atoms with E-state index in [-0.39, 0.29) is 23.1 Å². The Bertz CT molecular complexity index is 1150. The largest absolute Gasteiger partial charge is 0.345 e. The summed E-state index contributed by atoms with van der Waals surface area (Å²) in [6.45, 7) is 7.48. The molecule has 0 saturated heterocycles. The highest BCUT2D eigenvalue weighted by Crippen LogP contribution is 2.22. The maximum Gasteiger partial charge on any atom is 0.266 e. The zero-order valence-corrected chi connectivity index (χ0v) is 16.2. The first-order valence-electron chi connectivity index (χ1n) is 8.89. The van der Waals surface area contributed by atoms with Gasteiger partial charge in [0.05, 0.1) is 23.5 Å². The summed E-state index contributed by atoms with van der Waals surface area (Å²) in [7, 11) is 0. The second kappa shape index (κ2) is 7.53. The van der Waals surface area contributed by atoms with Crippen LogP contribution in [0, 0.1) is 32.1 Å². The maximum atomic E-state index is 12.7. The molecule has 0 aliphatic carbocycles. The van der Waals surface area contributed by atoms with Crippen molar-refractivity contribution in [1.82, 2.24) is 20.1 Å². The molecule has 0 bridgehead atoms. The van der Waals surface area contributed by atoms with Crippen molar-refractivity contribution in [2.45, 2.75) is 33.7 Å². The van der Waals surface area contributed by atoms with Crippen molar-refractivity contribution in [3.8, 4) is 11.8 Å². The summed E-state index contributed by atoms with van der Waals surface area (Å²) in [4.78, 5) is 26.9. The van der Waals surface area contributed by atoms with Crippen LogP contribution in [0.25, 0.3) is 5.69 Å². The van der Waals surface area contributed by atoms with Crippen LogP contribution >= 0.6 is 0 Å². The van der Waals surface area contributed by atoms with Crippen molar-refractivity contribution in [3.05, 3.63) is 80.5 Å². The van der Waals surface area contributed by atoms with Gasteiger partial charge in [-0.25, -0.2) is 4.68 Å². The Labute approximate surface area is 162 Å². The molecule has 0 fully saturated rings. The van der Waals surface area contributed by atoms with E-state index in [0.29, 0.717) is 5.69 Å². The molecule has 1 aromatic carbocycles. The Balaban J connectivity index is 1.88. The summed E-state index contributed by atoms with van der Waals surface area (Å²) >= 11 is 0. The minimum absolute atomic E-state index is 0.0908. The van der Waals surface area contributed by atoms with E-state index in [1.165, 1.54) is 6.07 Å². The molecule has 2 aromatic heterocycles. The van der Waals surface area contributed by atoms with E-state index in [2.05, 4.69) is 15.4 Å². The van der Waals surface area contributed by atoms with E-state index in [4.69, 9.17) is 5.26 Å². The molecule has 1 unspecified atom stereocenters. The monoisotopic (exact) mass is 375 g/mol. The number of nitrogens with zero attached hydrogens (tertiary/aromatic N) is 3. The number of carbonyl (C=O) groups is 1. The fraction of sp³-hybridized carbons (Fsp3) is 0.238. The van der Waals surface area contributed by atoms with Gasteiger partial charge in [-0.3, -0.25) is 9.59 Å². The van der Waals surface area contributed by atoms with Crippen LogP contribution < -0.4 is 10.9 Å². The minimum atomic E-state index is -0.500. The van der Waals surface area contributed by atoms with E-state index in [0.717, 1.165) is 22.5 Å². The molecule has 142 valence electrons. The molecule has 7 heteroatoms. The van der Waals surface area contributed by atoms with Gasteiger partial charge in [0.15, 0.2) is 0 Å². The smallest absolute Gasteiger partial charge is 0.266 e. The van der Waals surface area contributed by atoms with Gasteiger partial charge in [-0.15, -0.1) is 0 Å². The number of rotatable bonds is 4. The number of amides is 1. The Kier molecular flexibility index (Phi) is 5.14. The third kappa shape index (κ3) is 3.45. The van der Waals surface area contributed by atoms with Gasteiger partial charge in [0.1, 0.15) is 11.6 Å². The highest BCUT2D eigenvalue weighted by atomic mass is 16.2. The number of aromatic amines is 1. The maximum absolute atomic E-state index is 12.7. The lowest BCUT2D eigenvalue weighted by molar-refractivity contribution is 0.0938. The predicted molar refractivity (Wildman–Crippen MR) is 105 cm³/mol. The highest BCUT2D eigenvalue weighted by molar-refractivity contribution is 5.95. The second-order valence-electron chi connectivity index (χ2n) is 6.74. The number of para-hydroxylation sites is 1. The molecule has 1 amide bonds. The third-order valence-electron chi connectivity index (χ3n) is 4.81. The first-order valence-corrected chi connectivity index (χ1v) is 8.89. The van der Waals surface area contributed by atoms with Crippen molar-refractivity contribution in [1.29, 1.82) is 5.26 Å². The van der Waals surface area contributed by atoms with Gasteiger partial charge in [-0.1, -0.05) is 18.2 Å². The summed E-state index contributed by atoms with van der Waals surface area (Å²) in [6, 6.07) is 10.8. The first-order chi connectivity index (χ1) is 13.3. The predicted octanol–water partition coefficient (Wildman–Crippen LogP) is 2.85.